The van der Waals surface area contributed by atoms with Crippen LogP contribution in [0.15, 0.2) is 22.7 Å². The number of anilines is 1. The lowest BCUT2D eigenvalue weighted by Crippen LogP contribution is -1.94. The highest BCUT2D eigenvalue weighted by Gasteiger charge is 2.15. The van der Waals surface area contributed by atoms with Crippen LogP contribution in [0.3, 0.4) is 0 Å². The smallest absolute Gasteiger partial charge is 0.260 e. The summed E-state index contributed by atoms with van der Waals surface area (Å²) in [6.07, 6.45) is 0.962. The summed E-state index contributed by atoms with van der Waals surface area (Å²) < 4.78 is 5.21. The molecular formula is C12H14ClN3O. The van der Waals surface area contributed by atoms with Crippen molar-refractivity contribution >= 4 is 17.3 Å². The van der Waals surface area contributed by atoms with Crippen LogP contribution in [0.1, 0.15) is 32.0 Å². The van der Waals surface area contributed by atoms with Crippen molar-refractivity contribution in [3.05, 3.63) is 29.0 Å². The van der Waals surface area contributed by atoms with Gasteiger partial charge in [-0.2, -0.15) is 4.98 Å². The Morgan fingerprint density at radius 3 is 2.94 bits per heavy atom. The van der Waals surface area contributed by atoms with E-state index in [1.54, 1.807) is 18.2 Å². The number of halogens is 1. The number of benzene rings is 1. The van der Waals surface area contributed by atoms with Crippen molar-refractivity contribution in [2.75, 3.05) is 5.73 Å². The standard InChI is InChI=1S/C12H14ClN3O/c1-3-7(2)11-15-12(17-16-11)9-6-8(13)4-5-10(9)14/h4-7H,3,14H2,1-2H3. The Bertz CT molecular complexity index is 524. The fourth-order valence-electron chi connectivity index (χ4n) is 1.44. The summed E-state index contributed by atoms with van der Waals surface area (Å²) in [6, 6.07) is 5.18. The van der Waals surface area contributed by atoms with Crippen LogP contribution in [0.4, 0.5) is 5.69 Å². The van der Waals surface area contributed by atoms with E-state index in [0.717, 1.165) is 6.42 Å². The molecule has 0 aliphatic heterocycles. The summed E-state index contributed by atoms with van der Waals surface area (Å²) in [7, 11) is 0. The van der Waals surface area contributed by atoms with Gasteiger partial charge >= 0.3 is 0 Å². The fourth-order valence-corrected chi connectivity index (χ4v) is 1.61. The second-order valence-electron chi connectivity index (χ2n) is 4.00. The number of hydrogen-bond acceptors (Lipinski definition) is 4. The van der Waals surface area contributed by atoms with Gasteiger partial charge in [0, 0.05) is 16.6 Å². The molecule has 90 valence electrons. The molecule has 0 bridgehead atoms. The summed E-state index contributed by atoms with van der Waals surface area (Å²) in [5.41, 5.74) is 7.11. The predicted molar refractivity (Wildman–Crippen MR) is 67.9 cm³/mol. The Kier molecular flexibility index (Phi) is 3.33. The van der Waals surface area contributed by atoms with Crippen molar-refractivity contribution in [3.63, 3.8) is 0 Å². The SMILES string of the molecule is CCC(C)c1noc(-c2cc(Cl)ccc2N)n1. The van der Waals surface area contributed by atoms with Gasteiger partial charge in [0.2, 0.25) is 0 Å². The maximum Gasteiger partial charge on any atom is 0.260 e. The molecule has 2 N–H and O–H groups in total. The van der Waals surface area contributed by atoms with Gasteiger partial charge in [0.25, 0.3) is 5.89 Å². The maximum absolute atomic E-state index is 5.92. The van der Waals surface area contributed by atoms with Gasteiger partial charge in [0.15, 0.2) is 5.82 Å². The Labute approximate surface area is 105 Å². The van der Waals surface area contributed by atoms with E-state index >= 15 is 0 Å². The number of rotatable bonds is 3. The van der Waals surface area contributed by atoms with Gasteiger partial charge in [0.05, 0.1) is 5.56 Å². The molecule has 0 fully saturated rings. The summed E-state index contributed by atoms with van der Waals surface area (Å²) >= 11 is 5.92. The van der Waals surface area contributed by atoms with E-state index in [9.17, 15) is 0 Å². The van der Waals surface area contributed by atoms with Crippen LogP contribution >= 0.6 is 11.6 Å². The van der Waals surface area contributed by atoms with Crippen molar-refractivity contribution in [1.82, 2.24) is 10.1 Å². The average Bonchev–Trinajstić information content (AvgIpc) is 2.80. The average molecular weight is 252 g/mol. The van der Waals surface area contributed by atoms with Gasteiger partial charge in [-0.05, 0) is 24.6 Å². The molecular weight excluding hydrogens is 238 g/mol. The van der Waals surface area contributed by atoms with Crippen LogP contribution in [0.2, 0.25) is 5.02 Å². The first kappa shape index (κ1) is 11.9. The Morgan fingerprint density at radius 1 is 1.47 bits per heavy atom. The monoisotopic (exact) mass is 251 g/mol. The van der Waals surface area contributed by atoms with Gasteiger partial charge in [-0.1, -0.05) is 30.6 Å². The normalized spacial score (nSPS) is 12.6. The van der Waals surface area contributed by atoms with Gasteiger partial charge in [0.1, 0.15) is 0 Å². The third-order valence-corrected chi connectivity index (χ3v) is 2.98. The number of hydrogen-bond donors (Lipinski definition) is 1. The molecule has 0 radical (unpaired) electrons. The molecule has 2 rings (SSSR count). The summed E-state index contributed by atoms with van der Waals surface area (Å²) in [5, 5.41) is 4.54. The van der Waals surface area contributed by atoms with Gasteiger partial charge in [-0.3, -0.25) is 0 Å². The highest BCUT2D eigenvalue weighted by atomic mass is 35.5. The predicted octanol–water partition coefficient (Wildman–Crippen LogP) is 3.49. The van der Waals surface area contributed by atoms with Crippen molar-refractivity contribution in [2.24, 2.45) is 0 Å². The first-order valence-corrected chi connectivity index (χ1v) is 5.88. The second kappa shape index (κ2) is 4.75. The molecule has 17 heavy (non-hydrogen) atoms. The highest BCUT2D eigenvalue weighted by molar-refractivity contribution is 6.31. The number of nitrogens with two attached hydrogens (primary N) is 1. The quantitative estimate of drug-likeness (QED) is 0.848. The third-order valence-electron chi connectivity index (χ3n) is 2.74. The van der Waals surface area contributed by atoms with Crippen LogP contribution in [0.25, 0.3) is 11.5 Å². The first-order valence-electron chi connectivity index (χ1n) is 5.50. The van der Waals surface area contributed by atoms with Crippen molar-refractivity contribution in [1.29, 1.82) is 0 Å². The Hall–Kier alpha value is -1.55. The van der Waals surface area contributed by atoms with E-state index in [1.165, 1.54) is 0 Å². The summed E-state index contributed by atoms with van der Waals surface area (Å²) in [6.45, 7) is 4.13. The van der Waals surface area contributed by atoms with Gasteiger partial charge in [-0.15, -0.1) is 0 Å². The molecule has 1 unspecified atom stereocenters. The molecule has 1 aromatic heterocycles. The molecule has 0 amide bonds. The second-order valence-corrected chi connectivity index (χ2v) is 4.44. The molecule has 0 aliphatic rings. The van der Waals surface area contributed by atoms with Crippen molar-refractivity contribution in [3.8, 4) is 11.5 Å². The summed E-state index contributed by atoms with van der Waals surface area (Å²) in [4.78, 5) is 4.34. The zero-order valence-corrected chi connectivity index (χ0v) is 10.5. The lowest BCUT2D eigenvalue weighted by molar-refractivity contribution is 0.416. The highest BCUT2D eigenvalue weighted by Crippen LogP contribution is 2.28. The van der Waals surface area contributed by atoms with E-state index < -0.39 is 0 Å². The Balaban J connectivity index is 2.40. The van der Waals surface area contributed by atoms with Crippen LogP contribution < -0.4 is 5.73 Å². The number of nitrogens with zero attached hydrogens (tertiary/aromatic N) is 2. The lowest BCUT2D eigenvalue weighted by atomic mass is 10.1. The number of aromatic nitrogens is 2. The zero-order chi connectivity index (χ0) is 12.4. The molecule has 1 atom stereocenters. The van der Waals surface area contributed by atoms with Crippen LogP contribution in [-0.4, -0.2) is 10.1 Å². The lowest BCUT2D eigenvalue weighted by Gasteiger charge is -2.01. The maximum atomic E-state index is 5.92. The topological polar surface area (TPSA) is 64.9 Å². The fraction of sp³-hybridized carbons (Fsp3) is 0.333. The molecule has 0 saturated carbocycles. The molecule has 0 saturated heterocycles. The molecule has 0 spiro atoms. The molecule has 2 aromatic rings. The van der Waals surface area contributed by atoms with Crippen molar-refractivity contribution in [2.45, 2.75) is 26.2 Å². The largest absolute Gasteiger partial charge is 0.398 e. The molecule has 5 heteroatoms. The number of nitrogen functional groups attached to an aromatic ring is 1. The van der Waals surface area contributed by atoms with Crippen LogP contribution in [0, 0.1) is 0 Å². The third kappa shape index (κ3) is 2.42. The van der Waals surface area contributed by atoms with Gasteiger partial charge in [-0.25, -0.2) is 0 Å². The van der Waals surface area contributed by atoms with Gasteiger partial charge < -0.3 is 10.3 Å². The molecule has 0 aliphatic carbocycles. The zero-order valence-electron chi connectivity index (χ0n) is 9.77. The van der Waals surface area contributed by atoms with Crippen molar-refractivity contribution < 1.29 is 4.52 Å². The van der Waals surface area contributed by atoms with E-state index in [4.69, 9.17) is 21.9 Å². The van der Waals surface area contributed by atoms with E-state index in [1.807, 2.05) is 0 Å². The molecule has 1 heterocycles. The van der Waals surface area contributed by atoms with Crippen LogP contribution in [0.5, 0.6) is 0 Å². The summed E-state index contributed by atoms with van der Waals surface area (Å²) in [5.74, 6) is 1.38. The minimum Gasteiger partial charge on any atom is -0.398 e. The molecule has 4 nitrogen and oxygen atoms in total. The van der Waals surface area contributed by atoms with E-state index in [0.29, 0.717) is 28.0 Å². The van der Waals surface area contributed by atoms with E-state index in [-0.39, 0.29) is 5.92 Å². The minimum absolute atomic E-state index is 0.271. The first-order chi connectivity index (χ1) is 8.11. The van der Waals surface area contributed by atoms with Crippen LogP contribution in [-0.2, 0) is 0 Å². The minimum atomic E-state index is 0.271. The molecule has 1 aromatic carbocycles. The Morgan fingerprint density at radius 2 is 2.24 bits per heavy atom. The van der Waals surface area contributed by atoms with E-state index in [2.05, 4.69) is 24.0 Å².